The van der Waals surface area contributed by atoms with Gasteiger partial charge in [-0.3, -0.25) is 14.6 Å². The van der Waals surface area contributed by atoms with Gasteiger partial charge in [0.1, 0.15) is 5.82 Å². The molecule has 1 amide bonds. The summed E-state index contributed by atoms with van der Waals surface area (Å²) in [5.41, 5.74) is 2.81. The number of alkyl halides is 3. The first-order chi connectivity index (χ1) is 24.7. The number of aromatic nitrogens is 4. The van der Waals surface area contributed by atoms with E-state index < -0.39 is 12.8 Å². The molecule has 4 aromatic rings. The van der Waals surface area contributed by atoms with Crippen LogP contribution in [-0.4, -0.2) is 107 Å². The van der Waals surface area contributed by atoms with E-state index >= 15 is 0 Å². The third-order valence-electron chi connectivity index (χ3n) is 9.89. The zero-order chi connectivity index (χ0) is 35.5. The summed E-state index contributed by atoms with van der Waals surface area (Å²) in [5, 5.41) is 11.9. The molecule has 14 heteroatoms. The molecule has 11 nitrogen and oxygen atoms in total. The molecule has 51 heavy (non-hydrogen) atoms. The lowest BCUT2D eigenvalue weighted by molar-refractivity contribution is -0.606. The highest BCUT2D eigenvalue weighted by Gasteiger charge is 2.43. The van der Waals surface area contributed by atoms with Crippen molar-refractivity contribution in [2.75, 3.05) is 53.0 Å². The van der Waals surface area contributed by atoms with Gasteiger partial charge < -0.3 is 19.6 Å². The molecule has 1 aliphatic carbocycles. The number of ether oxygens (including phenoxy) is 2. The lowest BCUT2D eigenvalue weighted by Crippen LogP contribution is -2.67. The lowest BCUT2D eigenvalue weighted by atomic mass is 9.81. The molecule has 2 aromatic heterocycles. The van der Waals surface area contributed by atoms with Crippen LogP contribution in [0.4, 0.5) is 13.2 Å². The monoisotopic (exact) mass is 703 g/mol. The average Bonchev–Trinajstić information content (AvgIpc) is 3.99. The van der Waals surface area contributed by atoms with Crippen LogP contribution in [0.25, 0.3) is 0 Å². The first kappa shape index (κ1) is 34.6. The fraction of sp³-hybridized carbons (Fsp3) is 0.432. The highest BCUT2D eigenvalue weighted by molar-refractivity contribution is 5.91. The topological polar surface area (TPSA) is 111 Å². The summed E-state index contributed by atoms with van der Waals surface area (Å²) < 4.78 is 51.4. The summed E-state index contributed by atoms with van der Waals surface area (Å²) in [5.74, 6) is 0.355. The van der Waals surface area contributed by atoms with Gasteiger partial charge >= 0.3 is 6.18 Å². The quantitative estimate of drug-likeness (QED) is 0.168. The van der Waals surface area contributed by atoms with Crippen LogP contribution in [0.3, 0.4) is 0 Å². The third-order valence-corrected chi connectivity index (χ3v) is 9.89. The number of carbonyl (C=O) groups is 1. The Morgan fingerprint density at radius 2 is 1.67 bits per heavy atom. The van der Waals surface area contributed by atoms with Crippen molar-refractivity contribution in [3.05, 3.63) is 113 Å². The van der Waals surface area contributed by atoms with Crippen LogP contribution >= 0.6 is 0 Å². The molecule has 2 atom stereocenters. The number of fused-ring (bicyclic) bond motifs is 1. The molecule has 3 fully saturated rings. The maximum Gasteiger partial charge on any atom is 0.422 e. The van der Waals surface area contributed by atoms with Crippen molar-refractivity contribution in [3.63, 3.8) is 0 Å². The molecule has 0 N–H and O–H groups in total. The van der Waals surface area contributed by atoms with Gasteiger partial charge in [0.15, 0.2) is 18.5 Å². The Labute approximate surface area is 294 Å². The maximum atomic E-state index is 13.6. The molecule has 2 aliphatic heterocycles. The van der Waals surface area contributed by atoms with Crippen molar-refractivity contribution in [3.8, 4) is 11.8 Å². The van der Waals surface area contributed by atoms with Gasteiger partial charge in [0.05, 0.1) is 18.9 Å². The molecule has 2 saturated heterocycles. The molecule has 2 aromatic carbocycles. The Morgan fingerprint density at radius 3 is 2.29 bits per heavy atom. The Balaban J connectivity index is 1.20. The van der Waals surface area contributed by atoms with Crippen LogP contribution in [0.5, 0.6) is 11.8 Å². The van der Waals surface area contributed by atoms with Gasteiger partial charge in [-0.1, -0.05) is 60.7 Å². The van der Waals surface area contributed by atoms with Crippen molar-refractivity contribution >= 4 is 5.91 Å². The minimum atomic E-state index is -4.53. The predicted molar refractivity (Wildman–Crippen MR) is 180 cm³/mol. The summed E-state index contributed by atoms with van der Waals surface area (Å²) in [7, 11) is 1.46. The summed E-state index contributed by atoms with van der Waals surface area (Å²) >= 11 is 0. The van der Waals surface area contributed by atoms with Gasteiger partial charge in [-0.05, 0) is 30.4 Å². The second-order valence-electron chi connectivity index (χ2n) is 13.4. The molecular formula is C37H40F3N7O4. The molecule has 0 unspecified atom stereocenters. The smallest absolute Gasteiger partial charge is 0.422 e. The molecule has 1 saturated carbocycles. The first-order valence-electron chi connectivity index (χ1n) is 17.2. The first-order valence-corrected chi connectivity index (χ1v) is 17.2. The summed E-state index contributed by atoms with van der Waals surface area (Å²) in [4.78, 5) is 33.3. The highest BCUT2D eigenvalue weighted by Crippen LogP contribution is 2.41. The number of piperazine rings is 2. The van der Waals surface area contributed by atoms with E-state index in [9.17, 15) is 23.2 Å². The van der Waals surface area contributed by atoms with E-state index in [1.807, 2.05) is 36.4 Å². The zero-order valence-corrected chi connectivity index (χ0v) is 28.3. The number of nitrogens with zero attached hydrogens (tertiary/aromatic N) is 7. The largest absolute Gasteiger partial charge is 0.619 e. The number of rotatable bonds is 11. The Hall–Kier alpha value is -4.82. The van der Waals surface area contributed by atoms with Crippen molar-refractivity contribution in [2.45, 2.75) is 49.4 Å². The number of hydrogen-bond acceptors (Lipinski definition) is 9. The zero-order valence-electron chi connectivity index (χ0n) is 28.3. The van der Waals surface area contributed by atoms with E-state index in [4.69, 9.17) is 9.47 Å². The molecular weight excluding hydrogens is 663 g/mol. The summed E-state index contributed by atoms with van der Waals surface area (Å²) in [6.45, 7) is 1.77. The fourth-order valence-electron chi connectivity index (χ4n) is 7.39. The van der Waals surface area contributed by atoms with E-state index in [1.54, 1.807) is 4.90 Å². The lowest BCUT2D eigenvalue weighted by Gasteiger charge is -2.53. The Morgan fingerprint density at radius 1 is 0.980 bits per heavy atom. The van der Waals surface area contributed by atoms with Crippen LogP contribution < -0.4 is 14.2 Å². The van der Waals surface area contributed by atoms with E-state index in [0.29, 0.717) is 61.8 Å². The van der Waals surface area contributed by atoms with Crippen LogP contribution in [-0.2, 0) is 6.42 Å². The molecule has 268 valence electrons. The van der Waals surface area contributed by atoms with E-state index in [1.165, 1.54) is 25.7 Å². The third kappa shape index (κ3) is 8.07. The predicted octanol–water partition coefficient (Wildman–Crippen LogP) is 4.22. The standard InChI is InChI=1S/C37H40F3N7O4/c1-50-34-29(35(51-24-37(38,39)40)43-33(42-34)27-12-13-27)14-16-44-20-28-21-45(36(48)30-22-46(49)17-15-41-30)18-19-47(28)31(23-44)32(25-8-4-2-5-9-25)26-10-6-3-7-11-26/h2-11,15,17,22,27-28,31-32H,12-14,16,18-21,23-24H2,1H3/t28-,31+/m1/s1. The van der Waals surface area contributed by atoms with Crippen molar-refractivity contribution in [1.29, 1.82) is 0 Å². The highest BCUT2D eigenvalue weighted by atomic mass is 19.4. The van der Waals surface area contributed by atoms with Gasteiger partial charge in [-0.2, -0.15) is 27.9 Å². The molecule has 0 bridgehead atoms. The molecule has 0 spiro atoms. The van der Waals surface area contributed by atoms with Gasteiger partial charge in [0.25, 0.3) is 5.91 Å². The molecule has 4 heterocycles. The minimum Gasteiger partial charge on any atom is -0.619 e. The van der Waals surface area contributed by atoms with Crippen molar-refractivity contribution < 1.29 is 32.2 Å². The Bertz CT molecular complexity index is 1770. The average molecular weight is 704 g/mol. The number of carbonyl (C=O) groups excluding carboxylic acids is 1. The summed E-state index contributed by atoms with van der Waals surface area (Å²) in [6.07, 6.45) is 1.25. The van der Waals surface area contributed by atoms with E-state index in [-0.39, 0.29) is 47.3 Å². The van der Waals surface area contributed by atoms with Crippen LogP contribution in [0.1, 0.15) is 57.7 Å². The number of amides is 1. The van der Waals surface area contributed by atoms with Crippen LogP contribution in [0.15, 0.2) is 79.3 Å². The van der Waals surface area contributed by atoms with E-state index in [0.717, 1.165) is 24.0 Å². The van der Waals surface area contributed by atoms with Gasteiger partial charge in [0.2, 0.25) is 18.0 Å². The van der Waals surface area contributed by atoms with Crippen molar-refractivity contribution in [1.82, 2.24) is 29.7 Å². The minimum absolute atomic E-state index is 0.000732. The van der Waals surface area contributed by atoms with Gasteiger partial charge in [-0.15, -0.1) is 0 Å². The van der Waals surface area contributed by atoms with Crippen LogP contribution in [0.2, 0.25) is 0 Å². The maximum absolute atomic E-state index is 13.6. The van der Waals surface area contributed by atoms with E-state index in [2.05, 4.69) is 49.0 Å². The molecule has 3 aliphatic rings. The Kier molecular flexibility index (Phi) is 10.0. The summed E-state index contributed by atoms with van der Waals surface area (Å²) in [6, 6.07) is 20.6. The normalized spacial score (nSPS) is 19.9. The van der Waals surface area contributed by atoms with Crippen molar-refractivity contribution in [2.24, 2.45) is 0 Å². The SMILES string of the molecule is COc1nc(C2CC2)nc(OCC(F)(F)F)c1CCN1C[C@@H]2CN(C(=O)c3c[n+]([O-])ccn3)CCN2[C@H](C(c2ccccc2)c2ccccc2)C1. The second kappa shape index (κ2) is 14.8. The fourth-order valence-corrected chi connectivity index (χ4v) is 7.39. The second-order valence-corrected chi connectivity index (χ2v) is 13.4. The van der Waals surface area contributed by atoms with Crippen LogP contribution in [0, 0.1) is 5.21 Å². The van der Waals surface area contributed by atoms with Gasteiger partial charge in [-0.25, -0.2) is 4.98 Å². The molecule has 7 rings (SSSR count). The number of methoxy groups -OCH3 is 1. The number of halogens is 3. The number of hydrogen-bond donors (Lipinski definition) is 0. The van der Waals surface area contributed by atoms with Gasteiger partial charge in [0, 0.05) is 63.2 Å². The molecule has 0 radical (unpaired) electrons. The number of benzene rings is 2.